The molecule has 0 aromatic carbocycles. The van der Waals surface area contributed by atoms with Gasteiger partial charge in [0.1, 0.15) is 0 Å². The van der Waals surface area contributed by atoms with E-state index in [0.29, 0.717) is 5.95 Å². The fourth-order valence-corrected chi connectivity index (χ4v) is 0.705. The lowest BCUT2D eigenvalue weighted by atomic mass is 10.7. The minimum atomic E-state index is 0.706. The summed E-state index contributed by atoms with van der Waals surface area (Å²) in [7, 11) is 0. The molecular weight excluding hydrogens is 116 g/mol. The summed E-state index contributed by atoms with van der Waals surface area (Å²) in [5.41, 5.74) is 2.48. The molecule has 1 rings (SSSR count). The highest BCUT2D eigenvalue weighted by Crippen LogP contribution is 1.99. The van der Waals surface area contributed by atoms with Gasteiger partial charge in [0, 0.05) is 18.9 Å². The van der Waals surface area contributed by atoms with E-state index in [0.717, 1.165) is 6.54 Å². The summed E-state index contributed by atoms with van der Waals surface area (Å²) in [6.07, 6.45) is 3.58. The van der Waals surface area contributed by atoms with Gasteiger partial charge in [0.15, 0.2) is 0 Å². The zero-order valence-electron chi connectivity index (χ0n) is 5.33. The smallest absolute Gasteiger partial charge is 0.217 e. The van der Waals surface area contributed by atoms with Crippen LogP contribution in [0, 0.1) is 0 Å². The quantitative estimate of drug-likeness (QED) is 0.439. The third kappa shape index (κ3) is 1.02. The molecule has 3 N–H and O–H groups in total. The van der Waals surface area contributed by atoms with Gasteiger partial charge in [0.2, 0.25) is 5.95 Å². The molecule has 0 aliphatic heterocycles. The molecule has 1 heterocycles. The van der Waals surface area contributed by atoms with Gasteiger partial charge >= 0.3 is 0 Å². The highest BCUT2D eigenvalue weighted by atomic mass is 15.3. The van der Waals surface area contributed by atoms with Crippen molar-refractivity contribution in [1.82, 2.24) is 9.55 Å². The number of anilines is 1. The Labute approximate surface area is 53.7 Å². The van der Waals surface area contributed by atoms with Crippen molar-refractivity contribution in [3.05, 3.63) is 12.4 Å². The molecule has 50 valence electrons. The van der Waals surface area contributed by atoms with Crippen LogP contribution >= 0.6 is 0 Å². The van der Waals surface area contributed by atoms with Crippen molar-refractivity contribution in [3.8, 4) is 0 Å². The fraction of sp³-hybridized carbons (Fsp3) is 0.400. The van der Waals surface area contributed by atoms with Crippen LogP contribution in [0.5, 0.6) is 0 Å². The van der Waals surface area contributed by atoms with Crippen molar-refractivity contribution in [2.24, 2.45) is 5.84 Å². The Morgan fingerprint density at radius 1 is 1.89 bits per heavy atom. The number of hydrogen-bond acceptors (Lipinski definition) is 3. The van der Waals surface area contributed by atoms with Crippen LogP contribution in [0.2, 0.25) is 0 Å². The predicted octanol–water partition coefficient (Wildman–Crippen LogP) is 0.189. The highest BCUT2D eigenvalue weighted by Gasteiger charge is 1.93. The maximum absolute atomic E-state index is 5.14. The third-order valence-corrected chi connectivity index (χ3v) is 1.19. The average Bonchev–Trinajstić information content (AvgIpc) is 2.33. The summed E-state index contributed by atoms with van der Waals surface area (Å²) in [4.78, 5) is 3.93. The van der Waals surface area contributed by atoms with Crippen LogP contribution in [0.1, 0.15) is 6.92 Å². The Hall–Kier alpha value is -1.03. The molecule has 0 unspecified atom stereocenters. The number of hydrazine groups is 1. The molecule has 1 aromatic rings. The van der Waals surface area contributed by atoms with E-state index in [-0.39, 0.29) is 0 Å². The summed E-state index contributed by atoms with van der Waals surface area (Å²) in [6, 6.07) is 0. The van der Waals surface area contributed by atoms with E-state index in [9.17, 15) is 0 Å². The lowest BCUT2D eigenvalue weighted by molar-refractivity contribution is 0.766. The second-order valence-electron chi connectivity index (χ2n) is 1.68. The van der Waals surface area contributed by atoms with Gasteiger partial charge in [-0.05, 0) is 6.92 Å². The molecule has 0 amide bonds. The topological polar surface area (TPSA) is 55.9 Å². The third-order valence-electron chi connectivity index (χ3n) is 1.19. The SMILES string of the molecule is CCn1ccnc1NN. The number of aryl methyl sites for hydroxylation is 1. The Kier molecular flexibility index (Phi) is 1.69. The lowest BCUT2D eigenvalue weighted by Gasteiger charge is -2.00. The van der Waals surface area contributed by atoms with Crippen LogP contribution in [0.15, 0.2) is 12.4 Å². The van der Waals surface area contributed by atoms with E-state index in [2.05, 4.69) is 10.4 Å². The molecule has 4 heteroatoms. The first-order valence-electron chi connectivity index (χ1n) is 2.86. The molecule has 0 atom stereocenters. The van der Waals surface area contributed by atoms with Crippen molar-refractivity contribution >= 4 is 5.95 Å². The number of hydrogen-bond donors (Lipinski definition) is 2. The molecule has 0 radical (unpaired) electrons. The molecule has 9 heavy (non-hydrogen) atoms. The summed E-state index contributed by atoms with van der Waals surface area (Å²) in [5, 5.41) is 0. The lowest BCUT2D eigenvalue weighted by Crippen LogP contribution is -2.12. The standard InChI is InChI=1S/C5H10N4/c1-2-9-4-3-7-5(9)8-6/h3-4H,2,6H2,1H3,(H,7,8). The van der Waals surface area contributed by atoms with Gasteiger partial charge < -0.3 is 4.57 Å². The maximum Gasteiger partial charge on any atom is 0.217 e. The highest BCUT2D eigenvalue weighted by molar-refractivity contribution is 5.22. The van der Waals surface area contributed by atoms with Crippen LogP contribution in [-0.2, 0) is 6.54 Å². The normalized spacial score (nSPS) is 9.56. The van der Waals surface area contributed by atoms with Crippen LogP contribution in [0.3, 0.4) is 0 Å². The van der Waals surface area contributed by atoms with Gasteiger partial charge in [0.25, 0.3) is 0 Å². The molecule has 0 bridgehead atoms. The minimum absolute atomic E-state index is 0.706. The van der Waals surface area contributed by atoms with Crippen molar-refractivity contribution in [3.63, 3.8) is 0 Å². The van der Waals surface area contributed by atoms with Crippen molar-refractivity contribution in [1.29, 1.82) is 0 Å². The van der Waals surface area contributed by atoms with E-state index in [4.69, 9.17) is 5.84 Å². The number of nitrogen functional groups attached to an aromatic ring is 1. The second-order valence-corrected chi connectivity index (χ2v) is 1.68. The summed E-state index contributed by atoms with van der Waals surface area (Å²) < 4.78 is 1.92. The second kappa shape index (κ2) is 2.50. The number of nitrogens with zero attached hydrogens (tertiary/aromatic N) is 2. The average molecular weight is 126 g/mol. The number of aromatic nitrogens is 2. The van der Waals surface area contributed by atoms with Gasteiger partial charge in [-0.25, -0.2) is 10.8 Å². The van der Waals surface area contributed by atoms with E-state index in [1.165, 1.54) is 0 Å². The molecule has 4 nitrogen and oxygen atoms in total. The number of nitrogens with one attached hydrogen (secondary N) is 1. The van der Waals surface area contributed by atoms with Crippen LogP contribution in [0.4, 0.5) is 5.95 Å². The number of nitrogens with two attached hydrogens (primary N) is 1. The monoisotopic (exact) mass is 126 g/mol. The predicted molar refractivity (Wildman–Crippen MR) is 35.7 cm³/mol. The zero-order valence-corrected chi connectivity index (χ0v) is 5.33. The van der Waals surface area contributed by atoms with Crippen LogP contribution in [-0.4, -0.2) is 9.55 Å². The molecule has 0 aliphatic rings. The van der Waals surface area contributed by atoms with Gasteiger partial charge in [-0.1, -0.05) is 0 Å². The van der Waals surface area contributed by atoms with Crippen molar-refractivity contribution in [2.45, 2.75) is 13.5 Å². The van der Waals surface area contributed by atoms with Crippen molar-refractivity contribution in [2.75, 3.05) is 5.43 Å². The fourth-order valence-electron chi connectivity index (χ4n) is 0.705. The van der Waals surface area contributed by atoms with Gasteiger partial charge in [-0.3, -0.25) is 5.43 Å². The van der Waals surface area contributed by atoms with Gasteiger partial charge in [-0.15, -0.1) is 0 Å². The summed E-state index contributed by atoms with van der Waals surface area (Å²) >= 11 is 0. The van der Waals surface area contributed by atoms with E-state index in [1.54, 1.807) is 6.20 Å². The van der Waals surface area contributed by atoms with E-state index < -0.39 is 0 Å². The maximum atomic E-state index is 5.14. The number of imidazole rings is 1. The Bertz CT molecular complexity index is 162. The Morgan fingerprint density at radius 3 is 3.11 bits per heavy atom. The van der Waals surface area contributed by atoms with Gasteiger partial charge in [-0.2, -0.15) is 0 Å². The minimum Gasteiger partial charge on any atom is -0.317 e. The Balaban J connectivity index is 2.85. The first-order valence-corrected chi connectivity index (χ1v) is 2.86. The Morgan fingerprint density at radius 2 is 2.67 bits per heavy atom. The molecule has 0 fully saturated rings. The first-order chi connectivity index (χ1) is 4.38. The van der Waals surface area contributed by atoms with E-state index >= 15 is 0 Å². The van der Waals surface area contributed by atoms with Gasteiger partial charge in [0.05, 0.1) is 0 Å². The number of rotatable bonds is 2. The molecule has 0 saturated carbocycles. The first kappa shape index (κ1) is 6.10. The van der Waals surface area contributed by atoms with Crippen molar-refractivity contribution < 1.29 is 0 Å². The zero-order chi connectivity index (χ0) is 6.69. The summed E-state index contributed by atoms with van der Waals surface area (Å²) in [5.74, 6) is 5.84. The molecular formula is C5H10N4. The largest absolute Gasteiger partial charge is 0.317 e. The molecule has 0 aliphatic carbocycles. The summed E-state index contributed by atoms with van der Waals surface area (Å²) in [6.45, 7) is 2.92. The molecule has 1 aromatic heterocycles. The van der Waals surface area contributed by atoms with Crippen LogP contribution in [0.25, 0.3) is 0 Å². The van der Waals surface area contributed by atoms with E-state index in [1.807, 2.05) is 17.7 Å². The van der Waals surface area contributed by atoms with Crippen LogP contribution < -0.4 is 11.3 Å². The molecule has 0 spiro atoms. The molecule has 0 saturated heterocycles.